The number of rotatable bonds is 0. The highest BCUT2D eigenvalue weighted by atomic mass is 15.5. The molecule has 0 saturated carbocycles. The third-order valence-corrected chi connectivity index (χ3v) is 1.90. The van der Waals surface area contributed by atoms with Crippen LogP contribution in [0.3, 0.4) is 0 Å². The molecule has 0 aromatic carbocycles. The van der Waals surface area contributed by atoms with Gasteiger partial charge >= 0.3 is 0 Å². The third kappa shape index (κ3) is 1.97. The Bertz CT molecular complexity index is 174. The van der Waals surface area contributed by atoms with Crippen LogP contribution >= 0.6 is 0 Å². The van der Waals surface area contributed by atoms with Crippen molar-refractivity contribution in [1.82, 2.24) is 9.91 Å². The van der Waals surface area contributed by atoms with E-state index >= 15 is 0 Å². The summed E-state index contributed by atoms with van der Waals surface area (Å²) in [6, 6.07) is 0. The molecule has 1 heterocycles. The lowest BCUT2D eigenvalue weighted by Crippen LogP contribution is -2.28. The second kappa shape index (κ2) is 3.42. The van der Waals surface area contributed by atoms with Crippen molar-refractivity contribution in [2.24, 2.45) is 5.10 Å². The zero-order valence-corrected chi connectivity index (χ0v) is 7.25. The van der Waals surface area contributed by atoms with Crippen LogP contribution in [-0.4, -0.2) is 36.8 Å². The van der Waals surface area contributed by atoms with Crippen LogP contribution in [0.25, 0.3) is 0 Å². The van der Waals surface area contributed by atoms with E-state index in [0.29, 0.717) is 0 Å². The van der Waals surface area contributed by atoms with Crippen LogP contribution in [0.15, 0.2) is 17.5 Å². The van der Waals surface area contributed by atoms with E-state index in [1.54, 1.807) is 5.01 Å². The van der Waals surface area contributed by atoms with Crippen molar-refractivity contribution in [3.8, 4) is 0 Å². The van der Waals surface area contributed by atoms with Crippen LogP contribution in [0, 0.1) is 0 Å². The minimum Gasteiger partial charge on any atom is -0.360 e. The lowest BCUT2D eigenvalue weighted by atomic mass is 10.3. The Morgan fingerprint density at radius 1 is 1.55 bits per heavy atom. The fraction of sp³-hybridized carbons (Fsp3) is 0.625. The Morgan fingerprint density at radius 2 is 2.27 bits per heavy atom. The van der Waals surface area contributed by atoms with Crippen LogP contribution in [0.5, 0.6) is 0 Å². The molecular weight excluding hydrogens is 138 g/mol. The Kier molecular flexibility index (Phi) is 2.52. The van der Waals surface area contributed by atoms with Gasteiger partial charge in [0.1, 0.15) is 5.82 Å². The zero-order chi connectivity index (χ0) is 8.27. The molecule has 1 aliphatic rings. The number of nitrogens with zero attached hydrogens (tertiary/aromatic N) is 3. The molecule has 0 aromatic rings. The van der Waals surface area contributed by atoms with Gasteiger partial charge in [0.15, 0.2) is 0 Å². The molecule has 3 heteroatoms. The van der Waals surface area contributed by atoms with E-state index in [2.05, 4.69) is 16.6 Å². The van der Waals surface area contributed by atoms with E-state index in [1.165, 1.54) is 0 Å². The average Bonchev–Trinajstić information content (AvgIpc) is 2.00. The van der Waals surface area contributed by atoms with E-state index < -0.39 is 0 Å². The highest BCUT2D eigenvalue weighted by Gasteiger charge is 2.06. The fourth-order valence-electron chi connectivity index (χ4n) is 1.04. The summed E-state index contributed by atoms with van der Waals surface area (Å²) in [7, 11) is 3.96. The van der Waals surface area contributed by atoms with Crippen molar-refractivity contribution in [3.63, 3.8) is 0 Å². The van der Waals surface area contributed by atoms with Crippen LogP contribution in [0.4, 0.5) is 0 Å². The smallest absolute Gasteiger partial charge is 0.117 e. The molecule has 0 radical (unpaired) electrons. The molecule has 0 atom stereocenters. The molecule has 0 bridgehead atoms. The Balaban J connectivity index is 2.64. The standard InChI is InChI=1S/C8H15N3/c1-8-10(2)7-5-4-6-9-11(8)3/h6H,1,4-5,7H2,2-3H3/b9-6+. The summed E-state index contributed by atoms with van der Waals surface area (Å²) in [4.78, 5) is 2.12. The van der Waals surface area contributed by atoms with Crippen LogP contribution in [-0.2, 0) is 0 Å². The van der Waals surface area contributed by atoms with Crippen LogP contribution in [0.2, 0.25) is 0 Å². The maximum atomic E-state index is 4.18. The molecule has 1 aliphatic heterocycles. The van der Waals surface area contributed by atoms with Crippen LogP contribution in [0.1, 0.15) is 12.8 Å². The number of hydrogen-bond donors (Lipinski definition) is 0. The number of hydrogen-bond acceptors (Lipinski definition) is 3. The Labute approximate surface area is 68.0 Å². The van der Waals surface area contributed by atoms with Crippen molar-refractivity contribution >= 4 is 6.21 Å². The van der Waals surface area contributed by atoms with E-state index in [4.69, 9.17) is 0 Å². The van der Waals surface area contributed by atoms with Gasteiger partial charge in [0.2, 0.25) is 0 Å². The van der Waals surface area contributed by atoms with E-state index in [1.807, 2.05) is 20.3 Å². The average molecular weight is 153 g/mol. The summed E-state index contributed by atoms with van der Waals surface area (Å²) in [5.74, 6) is 0.959. The fourth-order valence-corrected chi connectivity index (χ4v) is 1.04. The maximum absolute atomic E-state index is 4.18. The van der Waals surface area contributed by atoms with Crippen LogP contribution < -0.4 is 0 Å². The molecule has 0 aliphatic carbocycles. The molecule has 3 nitrogen and oxygen atoms in total. The van der Waals surface area contributed by atoms with E-state index in [0.717, 1.165) is 25.2 Å². The molecule has 0 amide bonds. The Hall–Kier alpha value is -0.990. The maximum Gasteiger partial charge on any atom is 0.117 e. The topological polar surface area (TPSA) is 18.8 Å². The van der Waals surface area contributed by atoms with Gasteiger partial charge in [-0.2, -0.15) is 5.10 Å². The first-order chi connectivity index (χ1) is 5.22. The summed E-state index contributed by atoms with van der Waals surface area (Å²) in [6.07, 6.45) is 4.16. The van der Waals surface area contributed by atoms with Crippen molar-refractivity contribution < 1.29 is 0 Å². The largest absolute Gasteiger partial charge is 0.360 e. The highest BCUT2D eigenvalue weighted by Crippen LogP contribution is 2.07. The van der Waals surface area contributed by atoms with Gasteiger partial charge in [-0.15, -0.1) is 0 Å². The van der Waals surface area contributed by atoms with E-state index in [9.17, 15) is 0 Å². The first-order valence-corrected chi connectivity index (χ1v) is 3.88. The third-order valence-electron chi connectivity index (χ3n) is 1.90. The quantitative estimate of drug-likeness (QED) is 0.519. The summed E-state index contributed by atoms with van der Waals surface area (Å²) in [6.45, 7) is 4.98. The van der Waals surface area contributed by atoms with Gasteiger partial charge in [0.25, 0.3) is 0 Å². The molecule has 62 valence electrons. The molecule has 0 saturated heterocycles. The monoisotopic (exact) mass is 153 g/mol. The molecule has 0 aromatic heterocycles. The summed E-state index contributed by atoms with van der Waals surface area (Å²) in [5.41, 5.74) is 0. The molecule has 1 rings (SSSR count). The zero-order valence-electron chi connectivity index (χ0n) is 7.25. The molecule has 0 N–H and O–H groups in total. The summed E-state index contributed by atoms with van der Waals surface area (Å²) < 4.78 is 0. The molecule has 11 heavy (non-hydrogen) atoms. The SMILES string of the molecule is C=C1N(C)CCC/C=N/N1C. The van der Waals surface area contributed by atoms with E-state index in [-0.39, 0.29) is 0 Å². The van der Waals surface area contributed by atoms with Gasteiger partial charge in [-0.3, -0.25) is 5.01 Å². The molecule has 0 spiro atoms. The summed E-state index contributed by atoms with van der Waals surface area (Å²) in [5, 5.41) is 5.99. The van der Waals surface area contributed by atoms with Gasteiger partial charge in [0, 0.05) is 26.9 Å². The predicted molar refractivity (Wildman–Crippen MR) is 47.3 cm³/mol. The normalized spacial score (nSPS) is 22.9. The van der Waals surface area contributed by atoms with Gasteiger partial charge in [0.05, 0.1) is 0 Å². The van der Waals surface area contributed by atoms with Crippen molar-refractivity contribution in [1.29, 1.82) is 0 Å². The van der Waals surface area contributed by atoms with Gasteiger partial charge in [-0.1, -0.05) is 6.58 Å². The lowest BCUT2D eigenvalue weighted by molar-refractivity contribution is 0.271. The second-order valence-corrected chi connectivity index (χ2v) is 2.80. The van der Waals surface area contributed by atoms with Crippen molar-refractivity contribution in [3.05, 3.63) is 12.4 Å². The van der Waals surface area contributed by atoms with Gasteiger partial charge in [-0.25, -0.2) is 0 Å². The predicted octanol–water partition coefficient (Wildman–Crippen LogP) is 1.10. The summed E-state index contributed by atoms with van der Waals surface area (Å²) >= 11 is 0. The minimum atomic E-state index is 0.959. The number of hydrazone groups is 1. The first-order valence-electron chi connectivity index (χ1n) is 3.88. The highest BCUT2D eigenvalue weighted by molar-refractivity contribution is 5.56. The van der Waals surface area contributed by atoms with Crippen molar-refractivity contribution in [2.45, 2.75) is 12.8 Å². The first kappa shape index (κ1) is 8.11. The molecular formula is C8H15N3. The molecule has 0 unspecified atom stereocenters. The van der Waals surface area contributed by atoms with Gasteiger partial charge < -0.3 is 4.90 Å². The second-order valence-electron chi connectivity index (χ2n) is 2.80. The van der Waals surface area contributed by atoms with Gasteiger partial charge in [-0.05, 0) is 12.8 Å². The van der Waals surface area contributed by atoms with Crippen molar-refractivity contribution in [2.75, 3.05) is 20.6 Å². The lowest BCUT2D eigenvalue weighted by Gasteiger charge is -2.27. The molecule has 0 fully saturated rings. The minimum absolute atomic E-state index is 0.959. The Morgan fingerprint density at radius 3 is 3.00 bits per heavy atom.